The van der Waals surface area contributed by atoms with E-state index in [-0.39, 0.29) is 6.04 Å². The molecule has 0 aliphatic carbocycles. The van der Waals surface area contributed by atoms with Crippen molar-refractivity contribution in [3.8, 4) is 0 Å². The van der Waals surface area contributed by atoms with Crippen LogP contribution in [0, 0.1) is 0 Å². The first kappa shape index (κ1) is 13.1. The van der Waals surface area contributed by atoms with Crippen molar-refractivity contribution in [3.63, 3.8) is 0 Å². The number of nitrogens with one attached hydrogen (secondary N) is 1. The van der Waals surface area contributed by atoms with Crippen LogP contribution in [0.5, 0.6) is 0 Å². The fourth-order valence-electron chi connectivity index (χ4n) is 1.67. The van der Waals surface area contributed by atoms with Gasteiger partial charge < -0.3 is 9.73 Å². The molecule has 0 saturated heterocycles. The molecule has 90 valence electrons. The Balaban J connectivity index is 2.45. The third-order valence-corrected chi connectivity index (χ3v) is 3.70. The molecule has 0 fully saturated rings. The second-order valence-corrected chi connectivity index (χ2v) is 5.63. The minimum Gasteiger partial charge on any atom is -0.452 e. The van der Waals surface area contributed by atoms with E-state index >= 15 is 0 Å². The van der Waals surface area contributed by atoms with Crippen LogP contribution >= 0.6 is 43.5 Å². The summed E-state index contributed by atoms with van der Waals surface area (Å²) in [5.74, 6) is 0.819. The van der Waals surface area contributed by atoms with Gasteiger partial charge in [-0.25, -0.2) is 0 Å². The summed E-state index contributed by atoms with van der Waals surface area (Å²) < 4.78 is 7.26. The highest BCUT2D eigenvalue weighted by molar-refractivity contribution is 9.10. The molecular formula is C12H10Br2ClNO. The molecule has 1 heterocycles. The van der Waals surface area contributed by atoms with Gasteiger partial charge in [0, 0.05) is 9.50 Å². The van der Waals surface area contributed by atoms with Crippen molar-refractivity contribution in [2.45, 2.75) is 6.04 Å². The van der Waals surface area contributed by atoms with Gasteiger partial charge in [-0.1, -0.05) is 27.5 Å². The summed E-state index contributed by atoms with van der Waals surface area (Å²) in [7, 11) is 1.87. The van der Waals surface area contributed by atoms with Gasteiger partial charge in [-0.15, -0.1) is 0 Å². The molecule has 1 unspecified atom stereocenters. The third kappa shape index (κ3) is 2.94. The summed E-state index contributed by atoms with van der Waals surface area (Å²) in [5.41, 5.74) is 0.977. The minimum absolute atomic E-state index is 0.0636. The van der Waals surface area contributed by atoms with Crippen molar-refractivity contribution in [2.24, 2.45) is 0 Å². The van der Waals surface area contributed by atoms with E-state index in [0.717, 1.165) is 15.8 Å². The van der Waals surface area contributed by atoms with Crippen LogP contribution in [0.3, 0.4) is 0 Å². The molecule has 0 amide bonds. The summed E-state index contributed by atoms with van der Waals surface area (Å²) in [6.07, 6.45) is 0. The first-order valence-corrected chi connectivity index (χ1v) is 6.95. The smallest absolute Gasteiger partial charge is 0.169 e. The first-order chi connectivity index (χ1) is 8.11. The monoisotopic (exact) mass is 377 g/mol. The van der Waals surface area contributed by atoms with Crippen LogP contribution in [-0.2, 0) is 0 Å². The summed E-state index contributed by atoms with van der Waals surface area (Å²) in [6.45, 7) is 0. The van der Waals surface area contributed by atoms with E-state index in [2.05, 4.69) is 37.2 Å². The lowest BCUT2D eigenvalue weighted by Crippen LogP contribution is -2.17. The molecular weight excluding hydrogens is 369 g/mol. The van der Waals surface area contributed by atoms with Crippen molar-refractivity contribution < 1.29 is 4.42 Å². The average molecular weight is 379 g/mol. The highest BCUT2D eigenvalue weighted by Gasteiger charge is 2.18. The Kier molecular flexibility index (Phi) is 4.31. The number of hydrogen-bond acceptors (Lipinski definition) is 2. The second kappa shape index (κ2) is 5.57. The quantitative estimate of drug-likeness (QED) is 0.831. The summed E-state index contributed by atoms with van der Waals surface area (Å²) >= 11 is 13.0. The maximum atomic E-state index is 6.21. The number of hydrogen-bond donors (Lipinski definition) is 1. The van der Waals surface area contributed by atoms with Crippen LogP contribution < -0.4 is 5.32 Å². The third-order valence-electron chi connectivity index (χ3n) is 2.44. The standard InChI is InChI=1S/C12H10Br2ClNO/c1-16-12(10-4-5-11(14)17-10)8-6-7(13)2-3-9(8)15/h2-6,12,16H,1H3. The largest absolute Gasteiger partial charge is 0.452 e. The van der Waals surface area contributed by atoms with Gasteiger partial charge in [0.2, 0.25) is 0 Å². The van der Waals surface area contributed by atoms with Crippen molar-refractivity contribution >= 4 is 43.5 Å². The number of halogens is 3. The van der Waals surface area contributed by atoms with Crippen LogP contribution in [0.15, 0.2) is 43.9 Å². The summed E-state index contributed by atoms with van der Waals surface area (Å²) in [5, 5.41) is 3.90. The topological polar surface area (TPSA) is 25.2 Å². The lowest BCUT2D eigenvalue weighted by atomic mass is 10.0. The van der Waals surface area contributed by atoms with Crippen molar-refractivity contribution in [1.82, 2.24) is 5.32 Å². The average Bonchev–Trinajstić information content (AvgIpc) is 2.71. The van der Waals surface area contributed by atoms with E-state index in [1.807, 2.05) is 37.4 Å². The van der Waals surface area contributed by atoms with Gasteiger partial charge in [0.05, 0.1) is 6.04 Å². The minimum atomic E-state index is -0.0636. The van der Waals surface area contributed by atoms with E-state index in [4.69, 9.17) is 16.0 Å². The van der Waals surface area contributed by atoms with E-state index < -0.39 is 0 Å². The Morgan fingerprint density at radius 2 is 2.00 bits per heavy atom. The molecule has 0 saturated carbocycles. The normalized spacial score (nSPS) is 12.7. The summed E-state index contributed by atoms with van der Waals surface area (Å²) in [6, 6.07) is 9.49. The zero-order chi connectivity index (χ0) is 12.4. The van der Waals surface area contributed by atoms with E-state index in [1.165, 1.54) is 0 Å². The molecule has 2 aromatic rings. The molecule has 0 bridgehead atoms. The maximum absolute atomic E-state index is 6.21. The Bertz CT molecular complexity index is 527. The molecule has 17 heavy (non-hydrogen) atoms. The molecule has 0 spiro atoms. The Labute approximate surface area is 122 Å². The highest BCUT2D eigenvalue weighted by atomic mass is 79.9. The maximum Gasteiger partial charge on any atom is 0.169 e. The van der Waals surface area contributed by atoms with Gasteiger partial charge in [0.1, 0.15) is 5.76 Å². The Morgan fingerprint density at radius 1 is 1.24 bits per heavy atom. The summed E-state index contributed by atoms with van der Waals surface area (Å²) in [4.78, 5) is 0. The molecule has 1 aromatic carbocycles. The molecule has 2 nitrogen and oxygen atoms in total. The predicted molar refractivity (Wildman–Crippen MR) is 76.5 cm³/mol. The SMILES string of the molecule is CNC(c1ccc(Br)o1)c1cc(Br)ccc1Cl. The van der Waals surface area contributed by atoms with Crippen molar-refractivity contribution in [1.29, 1.82) is 0 Å². The number of rotatable bonds is 3. The Hall–Kier alpha value is -0.290. The molecule has 1 atom stereocenters. The lowest BCUT2D eigenvalue weighted by molar-refractivity contribution is 0.447. The molecule has 0 radical (unpaired) electrons. The van der Waals surface area contributed by atoms with Gasteiger partial charge in [-0.2, -0.15) is 0 Å². The van der Waals surface area contributed by atoms with E-state index in [9.17, 15) is 0 Å². The van der Waals surface area contributed by atoms with Gasteiger partial charge >= 0.3 is 0 Å². The van der Waals surface area contributed by atoms with Crippen LogP contribution in [-0.4, -0.2) is 7.05 Å². The zero-order valence-electron chi connectivity index (χ0n) is 9.01. The lowest BCUT2D eigenvalue weighted by Gasteiger charge is -2.16. The molecule has 5 heteroatoms. The van der Waals surface area contributed by atoms with Gasteiger partial charge in [-0.05, 0) is 58.9 Å². The highest BCUT2D eigenvalue weighted by Crippen LogP contribution is 2.32. The zero-order valence-corrected chi connectivity index (χ0v) is 12.9. The predicted octanol–water partition coefficient (Wildman–Crippen LogP) is 4.77. The molecule has 2 rings (SSSR count). The Morgan fingerprint density at radius 3 is 2.59 bits per heavy atom. The van der Waals surface area contributed by atoms with E-state index in [0.29, 0.717) is 9.69 Å². The number of benzene rings is 1. The van der Waals surface area contributed by atoms with Gasteiger partial charge in [0.15, 0.2) is 4.67 Å². The molecule has 1 N–H and O–H groups in total. The first-order valence-electron chi connectivity index (χ1n) is 4.99. The molecule has 1 aromatic heterocycles. The fraction of sp³-hybridized carbons (Fsp3) is 0.167. The fourth-order valence-corrected chi connectivity index (χ4v) is 2.59. The van der Waals surface area contributed by atoms with Crippen LogP contribution in [0.4, 0.5) is 0 Å². The van der Waals surface area contributed by atoms with Gasteiger partial charge in [-0.3, -0.25) is 0 Å². The molecule has 0 aliphatic heterocycles. The van der Waals surface area contributed by atoms with Gasteiger partial charge in [0.25, 0.3) is 0 Å². The van der Waals surface area contributed by atoms with Crippen molar-refractivity contribution in [3.05, 3.63) is 55.8 Å². The molecule has 0 aliphatic rings. The number of furan rings is 1. The van der Waals surface area contributed by atoms with Crippen LogP contribution in [0.2, 0.25) is 5.02 Å². The van der Waals surface area contributed by atoms with Crippen LogP contribution in [0.1, 0.15) is 17.4 Å². The van der Waals surface area contributed by atoms with E-state index in [1.54, 1.807) is 0 Å². The van der Waals surface area contributed by atoms with Crippen LogP contribution in [0.25, 0.3) is 0 Å². The second-order valence-electron chi connectivity index (χ2n) is 3.53. The van der Waals surface area contributed by atoms with Crippen molar-refractivity contribution in [2.75, 3.05) is 7.05 Å².